The van der Waals surface area contributed by atoms with Gasteiger partial charge in [0, 0.05) is 18.0 Å². The van der Waals surface area contributed by atoms with Crippen molar-refractivity contribution in [2.24, 2.45) is 0 Å². The van der Waals surface area contributed by atoms with E-state index in [1.165, 1.54) is 0 Å². The third-order valence-corrected chi connectivity index (χ3v) is 3.18. The van der Waals surface area contributed by atoms with Crippen LogP contribution in [0.2, 0.25) is 0 Å². The molecule has 2 aromatic heterocycles. The molecule has 0 aliphatic carbocycles. The average molecular weight is 287 g/mol. The van der Waals surface area contributed by atoms with E-state index >= 15 is 0 Å². The Morgan fingerprint density at radius 2 is 2.07 bits per heavy atom. The van der Waals surface area contributed by atoms with Crippen molar-refractivity contribution in [3.63, 3.8) is 0 Å². The van der Waals surface area contributed by atoms with E-state index in [9.17, 15) is 0 Å². The molecule has 2 aromatic rings. The van der Waals surface area contributed by atoms with Gasteiger partial charge in [0.1, 0.15) is 0 Å². The van der Waals surface area contributed by atoms with Crippen LogP contribution in [-0.4, -0.2) is 4.98 Å². The summed E-state index contributed by atoms with van der Waals surface area (Å²) in [6.45, 7) is 0. The molecule has 2 heterocycles. The van der Waals surface area contributed by atoms with Crippen LogP contribution in [0.3, 0.4) is 0 Å². The van der Waals surface area contributed by atoms with Crippen molar-refractivity contribution in [2.75, 3.05) is 0 Å². The third kappa shape index (κ3) is 2.61. The molecule has 0 saturated heterocycles. The van der Waals surface area contributed by atoms with Crippen LogP contribution in [0.15, 0.2) is 45.9 Å². The Morgan fingerprint density at radius 3 is 2.67 bits per heavy atom. The van der Waals surface area contributed by atoms with Crippen LogP contribution in [0.1, 0.15) is 16.5 Å². The molecule has 78 valence electrons. The standard InChI is InChI=1S/C11H9BrClNO/c12-11-9(3-6-15-11)10(13)7-8-1-4-14-5-2-8/h1-6,10H,7H2. The monoisotopic (exact) mass is 285 g/mol. The molecular formula is C11H9BrClNO. The van der Waals surface area contributed by atoms with Gasteiger partial charge in [-0.1, -0.05) is 0 Å². The molecule has 1 unspecified atom stereocenters. The van der Waals surface area contributed by atoms with Crippen LogP contribution < -0.4 is 0 Å². The molecule has 1 atom stereocenters. The van der Waals surface area contributed by atoms with Crippen LogP contribution in [0, 0.1) is 0 Å². The second-order valence-electron chi connectivity index (χ2n) is 3.18. The van der Waals surface area contributed by atoms with E-state index in [4.69, 9.17) is 16.0 Å². The number of alkyl halides is 1. The van der Waals surface area contributed by atoms with Gasteiger partial charge in [-0.05, 0) is 46.1 Å². The molecule has 2 rings (SSSR count). The summed E-state index contributed by atoms with van der Waals surface area (Å²) in [4.78, 5) is 3.96. The molecular weight excluding hydrogens is 277 g/mol. The highest BCUT2D eigenvalue weighted by molar-refractivity contribution is 9.10. The average Bonchev–Trinajstić information content (AvgIpc) is 2.66. The first kappa shape index (κ1) is 10.7. The van der Waals surface area contributed by atoms with Crippen molar-refractivity contribution in [3.8, 4) is 0 Å². The smallest absolute Gasteiger partial charge is 0.173 e. The summed E-state index contributed by atoms with van der Waals surface area (Å²) >= 11 is 9.59. The molecule has 0 amide bonds. The number of pyridine rings is 1. The van der Waals surface area contributed by atoms with E-state index in [0.717, 1.165) is 17.5 Å². The number of rotatable bonds is 3. The minimum Gasteiger partial charge on any atom is -0.457 e. The maximum Gasteiger partial charge on any atom is 0.173 e. The number of nitrogens with zero attached hydrogens (tertiary/aromatic N) is 1. The van der Waals surface area contributed by atoms with Gasteiger partial charge in [0.25, 0.3) is 0 Å². The highest BCUT2D eigenvalue weighted by Gasteiger charge is 2.14. The first-order valence-corrected chi connectivity index (χ1v) is 5.76. The second-order valence-corrected chi connectivity index (χ2v) is 4.42. The van der Waals surface area contributed by atoms with Gasteiger partial charge in [-0.2, -0.15) is 0 Å². The highest BCUT2D eigenvalue weighted by Crippen LogP contribution is 2.31. The molecule has 0 aromatic carbocycles. The molecule has 0 saturated carbocycles. The van der Waals surface area contributed by atoms with Gasteiger partial charge in [-0.3, -0.25) is 4.98 Å². The highest BCUT2D eigenvalue weighted by atomic mass is 79.9. The van der Waals surface area contributed by atoms with E-state index in [2.05, 4.69) is 20.9 Å². The lowest BCUT2D eigenvalue weighted by Gasteiger charge is -2.07. The number of aromatic nitrogens is 1. The van der Waals surface area contributed by atoms with Gasteiger partial charge in [-0.25, -0.2) is 0 Å². The largest absolute Gasteiger partial charge is 0.457 e. The van der Waals surface area contributed by atoms with Gasteiger partial charge < -0.3 is 4.42 Å². The molecule has 0 aliphatic rings. The molecule has 0 spiro atoms. The SMILES string of the molecule is ClC(Cc1ccncc1)c1ccoc1Br. The summed E-state index contributed by atoms with van der Waals surface area (Å²) in [6.07, 6.45) is 5.93. The van der Waals surface area contributed by atoms with Crippen LogP contribution in [0.25, 0.3) is 0 Å². The molecule has 4 heteroatoms. The molecule has 0 bridgehead atoms. The van der Waals surface area contributed by atoms with Gasteiger partial charge in [0.15, 0.2) is 4.67 Å². The van der Waals surface area contributed by atoms with Gasteiger partial charge in [0.2, 0.25) is 0 Å². The topological polar surface area (TPSA) is 26.0 Å². The number of hydrogen-bond donors (Lipinski definition) is 0. The van der Waals surface area contributed by atoms with Crippen molar-refractivity contribution in [1.29, 1.82) is 0 Å². The fourth-order valence-electron chi connectivity index (χ4n) is 1.36. The Morgan fingerprint density at radius 1 is 1.33 bits per heavy atom. The fourth-order valence-corrected chi connectivity index (χ4v) is 2.36. The minimum atomic E-state index is -0.0828. The Hall–Kier alpha value is -0.800. The normalized spacial score (nSPS) is 12.7. The third-order valence-electron chi connectivity index (χ3n) is 2.15. The molecule has 0 N–H and O–H groups in total. The van der Waals surface area contributed by atoms with E-state index in [0.29, 0.717) is 4.67 Å². The predicted molar refractivity (Wildman–Crippen MR) is 62.9 cm³/mol. The van der Waals surface area contributed by atoms with Gasteiger partial charge >= 0.3 is 0 Å². The molecule has 15 heavy (non-hydrogen) atoms. The van der Waals surface area contributed by atoms with Crippen molar-refractivity contribution in [1.82, 2.24) is 4.98 Å². The molecule has 2 nitrogen and oxygen atoms in total. The van der Waals surface area contributed by atoms with Gasteiger partial charge in [0.05, 0.1) is 11.6 Å². The van der Waals surface area contributed by atoms with E-state index < -0.39 is 0 Å². The minimum absolute atomic E-state index is 0.0828. The zero-order valence-corrected chi connectivity index (χ0v) is 10.2. The summed E-state index contributed by atoms with van der Waals surface area (Å²) in [5.41, 5.74) is 2.14. The van der Waals surface area contributed by atoms with Crippen LogP contribution >= 0.6 is 27.5 Å². The summed E-state index contributed by atoms with van der Waals surface area (Å²) < 4.78 is 5.85. The lowest BCUT2D eigenvalue weighted by atomic mass is 10.1. The Balaban J connectivity index is 2.11. The molecule has 0 aliphatic heterocycles. The zero-order valence-electron chi connectivity index (χ0n) is 7.86. The van der Waals surface area contributed by atoms with E-state index in [1.54, 1.807) is 18.7 Å². The lowest BCUT2D eigenvalue weighted by Crippen LogP contribution is -1.95. The zero-order chi connectivity index (χ0) is 10.7. The van der Waals surface area contributed by atoms with Crippen molar-refractivity contribution < 1.29 is 4.42 Å². The summed E-state index contributed by atoms with van der Waals surface area (Å²) in [5, 5.41) is -0.0828. The maximum atomic E-state index is 6.28. The van der Waals surface area contributed by atoms with Crippen molar-refractivity contribution >= 4 is 27.5 Å². The quantitative estimate of drug-likeness (QED) is 0.798. The number of hydrogen-bond acceptors (Lipinski definition) is 2. The van der Waals surface area contributed by atoms with Crippen LogP contribution in [0.4, 0.5) is 0 Å². The van der Waals surface area contributed by atoms with Gasteiger partial charge in [-0.15, -0.1) is 11.6 Å². The molecule has 0 radical (unpaired) electrons. The Kier molecular flexibility index (Phi) is 3.44. The van der Waals surface area contributed by atoms with E-state index in [1.807, 2.05) is 18.2 Å². The lowest BCUT2D eigenvalue weighted by molar-refractivity contribution is 0.536. The second kappa shape index (κ2) is 4.81. The predicted octanol–water partition coefficient (Wildman–Crippen LogP) is 3.96. The van der Waals surface area contributed by atoms with E-state index in [-0.39, 0.29) is 5.38 Å². The molecule has 0 fully saturated rings. The summed E-state index contributed by atoms with van der Waals surface area (Å²) in [7, 11) is 0. The first-order valence-electron chi connectivity index (χ1n) is 4.53. The van der Waals surface area contributed by atoms with Crippen LogP contribution in [0.5, 0.6) is 0 Å². The number of halogens is 2. The number of furan rings is 1. The summed E-state index contributed by atoms with van der Waals surface area (Å²) in [5.74, 6) is 0. The fraction of sp³-hybridized carbons (Fsp3) is 0.182. The first-order chi connectivity index (χ1) is 7.27. The van der Waals surface area contributed by atoms with Crippen molar-refractivity contribution in [3.05, 3.63) is 52.7 Å². The van der Waals surface area contributed by atoms with Crippen LogP contribution in [-0.2, 0) is 6.42 Å². The summed E-state index contributed by atoms with van der Waals surface area (Å²) in [6, 6.07) is 5.80. The maximum absolute atomic E-state index is 6.28. The van der Waals surface area contributed by atoms with Crippen molar-refractivity contribution in [2.45, 2.75) is 11.8 Å². The Bertz CT molecular complexity index is 429. The Labute approximate surface area is 101 Å².